The number of nitrogens with one attached hydrogen (secondary N) is 1. The first-order valence-corrected chi connectivity index (χ1v) is 10.1. The fourth-order valence-electron chi connectivity index (χ4n) is 3.37. The van der Waals surface area contributed by atoms with Crippen molar-refractivity contribution in [1.29, 1.82) is 0 Å². The van der Waals surface area contributed by atoms with Crippen molar-refractivity contribution in [2.45, 2.75) is 49.1 Å². The Morgan fingerprint density at radius 1 is 1.12 bits per heavy atom. The molecule has 1 aromatic rings. The van der Waals surface area contributed by atoms with Crippen molar-refractivity contribution in [2.24, 2.45) is 0 Å². The molecule has 0 spiro atoms. The molecule has 0 aromatic heterocycles. The summed E-state index contributed by atoms with van der Waals surface area (Å²) in [6.45, 7) is 3.54. The fourth-order valence-corrected chi connectivity index (χ4v) is 4.68. The third-order valence-electron chi connectivity index (χ3n) is 4.77. The zero-order chi connectivity index (χ0) is 17.0. The largest absolute Gasteiger partial charge is 0.377 e. The van der Waals surface area contributed by atoms with Crippen molar-refractivity contribution in [1.82, 2.24) is 9.62 Å². The van der Waals surface area contributed by atoms with Crippen LogP contribution in [-0.4, -0.2) is 51.7 Å². The van der Waals surface area contributed by atoms with Gasteiger partial charge < -0.3 is 9.64 Å². The van der Waals surface area contributed by atoms with E-state index >= 15 is 0 Å². The maximum atomic E-state index is 12.9. The van der Waals surface area contributed by atoms with Crippen LogP contribution in [0.1, 0.15) is 32.1 Å². The Kier molecular flexibility index (Phi) is 5.86. The van der Waals surface area contributed by atoms with Crippen molar-refractivity contribution in [3.05, 3.63) is 30.1 Å². The summed E-state index contributed by atoms with van der Waals surface area (Å²) in [6, 6.07) is 4.87. The number of hydrogen-bond donors (Lipinski definition) is 1. The van der Waals surface area contributed by atoms with E-state index in [9.17, 15) is 12.8 Å². The van der Waals surface area contributed by atoms with Crippen LogP contribution in [0.15, 0.2) is 29.2 Å². The van der Waals surface area contributed by atoms with Gasteiger partial charge in [-0.2, -0.15) is 0 Å². The number of ether oxygens (including phenoxy) is 1. The van der Waals surface area contributed by atoms with E-state index in [0.717, 1.165) is 51.9 Å². The predicted octanol–water partition coefficient (Wildman–Crippen LogP) is 2.14. The van der Waals surface area contributed by atoms with Crippen LogP contribution in [0.2, 0.25) is 0 Å². The molecule has 3 rings (SSSR count). The SMILES string of the molecule is O=S(=O)(NC1CCN(C[C@H]2CCCCO2)CC1)c1ccc(F)cc1. The summed E-state index contributed by atoms with van der Waals surface area (Å²) in [5, 5.41) is 0. The maximum absolute atomic E-state index is 12.9. The van der Waals surface area contributed by atoms with Gasteiger partial charge in [0, 0.05) is 19.2 Å². The molecule has 0 unspecified atom stereocenters. The van der Waals surface area contributed by atoms with E-state index in [2.05, 4.69) is 9.62 Å². The molecular weight excluding hydrogens is 331 g/mol. The lowest BCUT2D eigenvalue weighted by Gasteiger charge is -2.35. The monoisotopic (exact) mass is 356 g/mol. The molecule has 1 N–H and O–H groups in total. The summed E-state index contributed by atoms with van der Waals surface area (Å²) in [5.74, 6) is -0.438. The number of halogens is 1. The molecule has 1 atom stereocenters. The smallest absolute Gasteiger partial charge is 0.240 e. The fraction of sp³-hybridized carbons (Fsp3) is 0.647. The molecule has 2 saturated heterocycles. The second kappa shape index (κ2) is 7.91. The van der Waals surface area contributed by atoms with Crippen LogP contribution in [-0.2, 0) is 14.8 Å². The number of sulfonamides is 1. The molecule has 2 aliphatic heterocycles. The molecule has 2 heterocycles. The standard InChI is InChI=1S/C17H25FN2O3S/c18-14-4-6-17(7-5-14)24(21,22)19-15-8-10-20(11-9-15)13-16-3-1-2-12-23-16/h4-7,15-16,19H,1-3,8-13H2/t16-/m1/s1. The molecule has 0 amide bonds. The minimum absolute atomic E-state index is 0.0661. The van der Waals surface area contributed by atoms with E-state index in [-0.39, 0.29) is 10.9 Å². The summed E-state index contributed by atoms with van der Waals surface area (Å²) >= 11 is 0. The molecule has 5 nitrogen and oxygen atoms in total. The first-order valence-electron chi connectivity index (χ1n) is 8.65. The van der Waals surface area contributed by atoms with Crippen LogP contribution in [0.5, 0.6) is 0 Å². The molecule has 2 aliphatic rings. The summed E-state index contributed by atoms with van der Waals surface area (Å²) in [4.78, 5) is 2.47. The van der Waals surface area contributed by atoms with Gasteiger partial charge in [0.2, 0.25) is 10.0 Å². The maximum Gasteiger partial charge on any atom is 0.240 e. The van der Waals surface area contributed by atoms with Crippen LogP contribution >= 0.6 is 0 Å². The molecule has 0 aliphatic carbocycles. The van der Waals surface area contributed by atoms with E-state index < -0.39 is 15.8 Å². The van der Waals surface area contributed by atoms with Gasteiger partial charge in [0.25, 0.3) is 0 Å². The van der Waals surface area contributed by atoms with Crippen molar-refractivity contribution < 1.29 is 17.5 Å². The van der Waals surface area contributed by atoms with E-state index in [0.29, 0.717) is 6.10 Å². The highest BCUT2D eigenvalue weighted by Crippen LogP contribution is 2.18. The minimum atomic E-state index is -3.58. The number of nitrogens with zero attached hydrogens (tertiary/aromatic N) is 1. The normalized spacial score (nSPS) is 24.1. The highest BCUT2D eigenvalue weighted by atomic mass is 32.2. The van der Waals surface area contributed by atoms with Gasteiger partial charge in [-0.05, 0) is 69.5 Å². The molecule has 24 heavy (non-hydrogen) atoms. The quantitative estimate of drug-likeness (QED) is 0.878. The van der Waals surface area contributed by atoms with Crippen LogP contribution in [0.25, 0.3) is 0 Å². The minimum Gasteiger partial charge on any atom is -0.377 e. The summed E-state index contributed by atoms with van der Waals surface area (Å²) in [7, 11) is -3.58. The third kappa shape index (κ3) is 4.75. The van der Waals surface area contributed by atoms with Crippen LogP contribution in [0, 0.1) is 5.82 Å². The Labute approximate surface area is 143 Å². The van der Waals surface area contributed by atoms with Crippen LogP contribution in [0.3, 0.4) is 0 Å². The molecule has 0 saturated carbocycles. The number of piperidine rings is 1. The summed E-state index contributed by atoms with van der Waals surface area (Å²) in [5.41, 5.74) is 0. The average molecular weight is 356 g/mol. The Balaban J connectivity index is 1.48. The van der Waals surface area contributed by atoms with Gasteiger partial charge in [-0.25, -0.2) is 17.5 Å². The first kappa shape index (κ1) is 17.8. The van der Waals surface area contributed by atoms with E-state index in [1.165, 1.54) is 30.7 Å². The summed E-state index contributed by atoms with van der Waals surface area (Å²) in [6.07, 6.45) is 5.41. The molecule has 0 radical (unpaired) electrons. The molecular formula is C17H25FN2O3S. The molecule has 2 fully saturated rings. The highest BCUT2D eigenvalue weighted by Gasteiger charge is 2.26. The second-order valence-corrected chi connectivity index (χ2v) is 8.35. The van der Waals surface area contributed by atoms with Gasteiger partial charge in [-0.1, -0.05) is 0 Å². The van der Waals surface area contributed by atoms with E-state index in [1.54, 1.807) is 0 Å². The van der Waals surface area contributed by atoms with Crippen molar-refractivity contribution in [3.8, 4) is 0 Å². The van der Waals surface area contributed by atoms with Crippen molar-refractivity contribution >= 4 is 10.0 Å². The lowest BCUT2D eigenvalue weighted by atomic mass is 10.0. The van der Waals surface area contributed by atoms with E-state index in [1.807, 2.05) is 0 Å². The molecule has 0 bridgehead atoms. The lowest BCUT2D eigenvalue weighted by Crippen LogP contribution is -2.47. The molecule has 1 aromatic carbocycles. The highest BCUT2D eigenvalue weighted by molar-refractivity contribution is 7.89. The number of hydrogen-bond acceptors (Lipinski definition) is 4. The zero-order valence-corrected chi connectivity index (χ0v) is 14.6. The van der Waals surface area contributed by atoms with Gasteiger partial charge in [0.05, 0.1) is 11.0 Å². The average Bonchev–Trinajstić information content (AvgIpc) is 2.58. The van der Waals surface area contributed by atoms with Crippen LogP contribution in [0.4, 0.5) is 4.39 Å². The lowest BCUT2D eigenvalue weighted by molar-refractivity contribution is -0.00963. The Hall–Kier alpha value is -1.02. The third-order valence-corrected chi connectivity index (χ3v) is 6.31. The predicted molar refractivity (Wildman–Crippen MR) is 89.8 cm³/mol. The Morgan fingerprint density at radius 3 is 2.46 bits per heavy atom. The molecule has 134 valence electrons. The Bertz CT molecular complexity index is 622. The zero-order valence-electron chi connectivity index (χ0n) is 13.8. The van der Waals surface area contributed by atoms with Gasteiger partial charge in [0.15, 0.2) is 0 Å². The van der Waals surface area contributed by atoms with E-state index in [4.69, 9.17) is 4.74 Å². The Morgan fingerprint density at radius 2 is 1.83 bits per heavy atom. The number of rotatable bonds is 5. The van der Waals surface area contributed by atoms with Crippen molar-refractivity contribution in [3.63, 3.8) is 0 Å². The van der Waals surface area contributed by atoms with Crippen molar-refractivity contribution in [2.75, 3.05) is 26.2 Å². The summed E-state index contributed by atoms with van der Waals surface area (Å²) < 4.78 is 46.1. The number of benzene rings is 1. The van der Waals surface area contributed by atoms with Gasteiger partial charge in [0.1, 0.15) is 5.82 Å². The van der Waals surface area contributed by atoms with Gasteiger partial charge >= 0.3 is 0 Å². The van der Waals surface area contributed by atoms with Gasteiger partial charge in [-0.15, -0.1) is 0 Å². The topological polar surface area (TPSA) is 58.6 Å². The van der Waals surface area contributed by atoms with Gasteiger partial charge in [-0.3, -0.25) is 0 Å². The first-order chi connectivity index (χ1) is 11.5. The molecule has 7 heteroatoms. The number of likely N-dealkylation sites (tertiary alicyclic amines) is 1. The van der Waals surface area contributed by atoms with Crippen LogP contribution < -0.4 is 4.72 Å². The second-order valence-electron chi connectivity index (χ2n) is 6.64.